The summed E-state index contributed by atoms with van der Waals surface area (Å²) < 4.78 is 12.2. The van der Waals surface area contributed by atoms with Crippen molar-refractivity contribution in [3.05, 3.63) is 65.2 Å². The Bertz CT molecular complexity index is 950. The number of aromatic nitrogens is 2. The highest BCUT2D eigenvalue weighted by Crippen LogP contribution is 2.17. The van der Waals surface area contributed by atoms with Gasteiger partial charge < -0.3 is 19.1 Å². The lowest BCUT2D eigenvalue weighted by molar-refractivity contribution is -0.123. The Balaban J connectivity index is 1.64. The summed E-state index contributed by atoms with van der Waals surface area (Å²) in [7, 11) is 0. The summed E-state index contributed by atoms with van der Waals surface area (Å²) in [4.78, 5) is 24.4. The summed E-state index contributed by atoms with van der Waals surface area (Å²) in [5.41, 5.74) is 3.55. The number of carbonyl (C=O) groups is 2. The maximum atomic E-state index is 12.3. The van der Waals surface area contributed by atoms with Crippen molar-refractivity contribution in [3.63, 3.8) is 0 Å². The Morgan fingerprint density at radius 1 is 1.07 bits per heavy atom. The zero-order valence-electron chi connectivity index (χ0n) is 15.6. The van der Waals surface area contributed by atoms with Crippen LogP contribution in [0, 0.1) is 20.8 Å². The predicted molar refractivity (Wildman–Crippen MR) is 100.0 cm³/mol. The fraction of sp³-hybridized carbons (Fsp3) is 0.250. The van der Waals surface area contributed by atoms with Crippen molar-refractivity contribution in [1.82, 2.24) is 9.72 Å². The minimum Gasteiger partial charge on any atom is -0.449 e. The summed E-state index contributed by atoms with van der Waals surface area (Å²) in [6.45, 7) is 7.26. The van der Waals surface area contributed by atoms with Crippen molar-refractivity contribution in [2.75, 3.05) is 5.32 Å². The van der Waals surface area contributed by atoms with Crippen LogP contribution in [0.2, 0.25) is 0 Å². The first-order valence-corrected chi connectivity index (χ1v) is 8.55. The highest BCUT2D eigenvalue weighted by atomic mass is 16.5. The zero-order valence-corrected chi connectivity index (χ0v) is 15.6. The summed E-state index contributed by atoms with van der Waals surface area (Å²) in [5.74, 6) is -0.196. The molecular formula is C20H21N3O4. The predicted octanol–water partition coefficient (Wildman–Crippen LogP) is 3.57. The van der Waals surface area contributed by atoms with Gasteiger partial charge in [-0.05, 0) is 64.1 Å². The molecule has 2 aromatic heterocycles. The highest BCUT2D eigenvalue weighted by Gasteiger charge is 2.20. The number of esters is 1. The lowest BCUT2D eigenvalue weighted by Gasteiger charge is -2.13. The molecule has 0 aliphatic rings. The van der Waals surface area contributed by atoms with Gasteiger partial charge in [0.25, 0.3) is 5.91 Å². The third-order valence-electron chi connectivity index (χ3n) is 4.16. The molecule has 0 aliphatic carbocycles. The molecule has 0 saturated heterocycles. The van der Waals surface area contributed by atoms with Crippen LogP contribution in [0.3, 0.4) is 0 Å². The molecule has 3 aromatic rings. The van der Waals surface area contributed by atoms with Crippen molar-refractivity contribution in [2.45, 2.75) is 33.8 Å². The van der Waals surface area contributed by atoms with Gasteiger partial charge in [-0.2, -0.15) is 0 Å². The van der Waals surface area contributed by atoms with Gasteiger partial charge in [0.05, 0.1) is 5.56 Å². The number of rotatable bonds is 5. The van der Waals surface area contributed by atoms with Gasteiger partial charge in [0, 0.05) is 23.1 Å². The van der Waals surface area contributed by atoms with Crippen LogP contribution in [-0.2, 0) is 9.53 Å². The molecule has 7 heteroatoms. The molecule has 1 amide bonds. The quantitative estimate of drug-likeness (QED) is 0.697. The summed E-state index contributed by atoms with van der Waals surface area (Å²) in [6, 6.07) is 12.7. The Morgan fingerprint density at radius 2 is 1.70 bits per heavy atom. The average molecular weight is 367 g/mol. The fourth-order valence-electron chi connectivity index (χ4n) is 2.76. The fourth-order valence-corrected chi connectivity index (χ4v) is 2.76. The van der Waals surface area contributed by atoms with Gasteiger partial charge in [-0.3, -0.25) is 4.79 Å². The number of aryl methyl sites for hydroxylation is 3. The zero-order chi connectivity index (χ0) is 19.6. The molecule has 1 aromatic carbocycles. The Morgan fingerprint density at radius 3 is 2.26 bits per heavy atom. The Kier molecular flexibility index (Phi) is 5.12. The molecule has 0 unspecified atom stereocenters. The van der Waals surface area contributed by atoms with Gasteiger partial charge in [-0.1, -0.05) is 5.16 Å². The van der Waals surface area contributed by atoms with E-state index in [0.717, 1.165) is 17.1 Å². The van der Waals surface area contributed by atoms with E-state index in [1.54, 1.807) is 25.1 Å². The number of carbonyl (C=O) groups excluding carboxylic acids is 2. The van der Waals surface area contributed by atoms with Crippen LogP contribution < -0.4 is 5.32 Å². The van der Waals surface area contributed by atoms with Crippen LogP contribution in [0.1, 0.15) is 34.4 Å². The van der Waals surface area contributed by atoms with E-state index < -0.39 is 18.0 Å². The normalized spacial score (nSPS) is 11.9. The molecule has 3 rings (SSSR count). The molecule has 27 heavy (non-hydrogen) atoms. The van der Waals surface area contributed by atoms with E-state index in [2.05, 4.69) is 15.0 Å². The van der Waals surface area contributed by atoms with Crippen LogP contribution in [0.15, 0.2) is 47.0 Å². The van der Waals surface area contributed by atoms with Gasteiger partial charge in [0.1, 0.15) is 5.76 Å². The number of hydrogen-bond acceptors (Lipinski definition) is 5. The first-order chi connectivity index (χ1) is 12.8. The second-order valence-corrected chi connectivity index (χ2v) is 6.36. The average Bonchev–Trinajstić information content (AvgIpc) is 3.19. The molecule has 1 atom stereocenters. The van der Waals surface area contributed by atoms with Crippen molar-refractivity contribution in [2.24, 2.45) is 0 Å². The smallest absolute Gasteiger partial charge is 0.338 e. The molecule has 140 valence electrons. The molecule has 2 heterocycles. The first-order valence-electron chi connectivity index (χ1n) is 8.55. The van der Waals surface area contributed by atoms with Gasteiger partial charge in [-0.15, -0.1) is 0 Å². The third kappa shape index (κ3) is 4.08. The van der Waals surface area contributed by atoms with E-state index in [0.29, 0.717) is 11.3 Å². The number of benzene rings is 1. The molecule has 7 nitrogen and oxygen atoms in total. The number of anilines is 1. The molecule has 0 fully saturated rings. The third-order valence-corrected chi connectivity index (χ3v) is 4.16. The van der Waals surface area contributed by atoms with Crippen LogP contribution in [0.5, 0.6) is 0 Å². The summed E-state index contributed by atoms with van der Waals surface area (Å²) in [5, 5.41) is 6.21. The highest BCUT2D eigenvalue weighted by molar-refractivity contribution is 5.96. The summed E-state index contributed by atoms with van der Waals surface area (Å²) in [6.07, 6.45) is -0.969. The Labute approximate surface area is 156 Å². The SMILES string of the molecule is Cc1cc(NC(=O)[C@H](C)OC(=O)c2ccc(-n3c(C)ccc3C)cc2)no1. The Hall–Kier alpha value is -3.35. The molecule has 1 N–H and O–H groups in total. The molecule has 0 saturated carbocycles. The second-order valence-electron chi connectivity index (χ2n) is 6.36. The largest absolute Gasteiger partial charge is 0.449 e. The van der Waals surface area contributed by atoms with Crippen molar-refractivity contribution in [1.29, 1.82) is 0 Å². The van der Waals surface area contributed by atoms with Crippen molar-refractivity contribution in [3.8, 4) is 5.69 Å². The minimum absolute atomic E-state index is 0.280. The topological polar surface area (TPSA) is 86.4 Å². The first kappa shape index (κ1) is 18.4. The van der Waals surface area contributed by atoms with E-state index in [4.69, 9.17) is 9.26 Å². The lowest BCUT2D eigenvalue weighted by atomic mass is 10.2. The molecule has 0 bridgehead atoms. The van der Waals surface area contributed by atoms with Crippen LogP contribution in [-0.4, -0.2) is 27.7 Å². The van der Waals surface area contributed by atoms with Gasteiger partial charge >= 0.3 is 5.97 Å². The van der Waals surface area contributed by atoms with Crippen LogP contribution in [0.25, 0.3) is 5.69 Å². The number of nitrogens with one attached hydrogen (secondary N) is 1. The molecule has 0 aliphatic heterocycles. The van der Waals surface area contributed by atoms with Crippen LogP contribution >= 0.6 is 0 Å². The molecular weight excluding hydrogens is 346 g/mol. The number of nitrogens with zero attached hydrogens (tertiary/aromatic N) is 2. The van der Waals surface area contributed by atoms with Gasteiger partial charge in [0.15, 0.2) is 11.9 Å². The maximum Gasteiger partial charge on any atom is 0.338 e. The van der Waals surface area contributed by atoms with E-state index in [9.17, 15) is 9.59 Å². The van der Waals surface area contributed by atoms with Crippen molar-refractivity contribution >= 4 is 17.7 Å². The standard InChI is InChI=1S/C20H21N3O4/c1-12-5-6-13(2)23(12)17-9-7-16(8-10-17)20(25)26-15(4)19(24)21-18-11-14(3)27-22-18/h5-11,15H,1-4H3,(H,21,22,24)/t15-/m0/s1. The number of hydrogen-bond donors (Lipinski definition) is 1. The van der Waals surface area contributed by atoms with Crippen LogP contribution in [0.4, 0.5) is 5.82 Å². The maximum absolute atomic E-state index is 12.3. The van der Waals surface area contributed by atoms with E-state index in [1.165, 1.54) is 6.92 Å². The van der Waals surface area contributed by atoms with E-state index in [-0.39, 0.29) is 5.82 Å². The summed E-state index contributed by atoms with van der Waals surface area (Å²) >= 11 is 0. The van der Waals surface area contributed by atoms with Crippen molar-refractivity contribution < 1.29 is 18.8 Å². The molecule has 0 radical (unpaired) electrons. The van der Waals surface area contributed by atoms with E-state index in [1.807, 2.05) is 38.1 Å². The number of ether oxygens (including phenoxy) is 1. The molecule has 0 spiro atoms. The number of amides is 1. The van der Waals surface area contributed by atoms with Gasteiger partial charge in [-0.25, -0.2) is 4.79 Å². The van der Waals surface area contributed by atoms with E-state index >= 15 is 0 Å². The minimum atomic E-state index is -0.969. The van der Waals surface area contributed by atoms with Gasteiger partial charge in [0.2, 0.25) is 0 Å². The monoisotopic (exact) mass is 367 g/mol. The lowest BCUT2D eigenvalue weighted by Crippen LogP contribution is -2.30. The second kappa shape index (κ2) is 7.49.